The summed E-state index contributed by atoms with van der Waals surface area (Å²) >= 11 is -2.17. The predicted molar refractivity (Wildman–Crippen MR) is 99.4 cm³/mol. The second-order valence-electron chi connectivity index (χ2n) is 8.00. The van der Waals surface area contributed by atoms with Crippen LogP contribution in [0.4, 0.5) is 0 Å². The van der Waals surface area contributed by atoms with Crippen LogP contribution in [0.1, 0.15) is 41.5 Å². The molecule has 0 atom stereocenters. The van der Waals surface area contributed by atoms with Crippen molar-refractivity contribution >= 4 is 30.0 Å². The van der Waals surface area contributed by atoms with Gasteiger partial charge in [0.25, 0.3) is 0 Å². The Balaban J connectivity index is 3.19. The summed E-state index contributed by atoms with van der Waals surface area (Å²) in [5, 5.41) is 0. The van der Waals surface area contributed by atoms with E-state index in [1.807, 2.05) is 0 Å². The third-order valence-electron chi connectivity index (χ3n) is 5.53. The van der Waals surface area contributed by atoms with Crippen molar-refractivity contribution in [1.29, 1.82) is 0 Å². The zero-order valence-electron chi connectivity index (χ0n) is 14.8. The molecule has 114 valence electrons. The Morgan fingerprint density at radius 1 is 0.800 bits per heavy atom. The van der Waals surface area contributed by atoms with Crippen LogP contribution >= 0.6 is 0 Å². The van der Waals surface area contributed by atoms with E-state index < -0.39 is 26.5 Å². The van der Waals surface area contributed by atoms with Crippen LogP contribution in [0, 0.1) is 0 Å². The van der Waals surface area contributed by atoms with Crippen LogP contribution in [0.5, 0.6) is 0 Å². The van der Waals surface area contributed by atoms with Crippen LogP contribution in [0.25, 0.3) is 0 Å². The van der Waals surface area contributed by atoms with Gasteiger partial charge < -0.3 is 0 Å². The molecule has 0 saturated heterocycles. The zero-order chi connectivity index (χ0) is 15.6. The molecule has 0 heterocycles. The summed E-state index contributed by atoms with van der Waals surface area (Å²) in [6.07, 6.45) is 0. The SMILES string of the molecule is CC(C)[Si]([CH2][Sn]([CH3])([CH3])[c]1ccccc1)(C(C)C)C(C)C. The van der Waals surface area contributed by atoms with Crippen LogP contribution < -0.4 is 3.58 Å². The van der Waals surface area contributed by atoms with Crippen molar-refractivity contribution in [2.75, 3.05) is 0 Å². The Hall–Kier alpha value is 0.236. The molecule has 0 saturated carbocycles. The van der Waals surface area contributed by atoms with Gasteiger partial charge in [0.05, 0.1) is 0 Å². The molecule has 0 unspecified atom stereocenters. The second-order valence-corrected chi connectivity index (χ2v) is 29.5. The van der Waals surface area contributed by atoms with Gasteiger partial charge >= 0.3 is 132 Å². The minimum atomic E-state index is -2.17. The summed E-state index contributed by atoms with van der Waals surface area (Å²) in [7, 11) is -1.25. The van der Waals surface area contributed by atoms with Crippen LogP contribution in [-0.4, -0.2) is 26.5 Å². The van der Waals surface area contributed by atoms with Crippen molar-refractivity contribution in [1.82, 2.24) is 0 Å². The van der Waals surface area contributed by atoms with E-state index in [4.69, 9.17) is 0 Å². The molecule has 1 aromatic rings. The summed E-state index contributed by atoms with van der Waals surface area (Å²) in [6.45, 7) is 15.0. The van der Waals surface area contributed by atoms with E-state index in [1.165, 1.54) is 0 Å². The van der Waals surface area contributed by atoms with Crippen molar-refractivity contribution < 1.29 is 0 Å². The molecular formula is C18H34SiSn. The Morgan fingerprint density at radius 3 is 1.55 bits per heavy atom. The van der Waals surface area contributed by atoms with Gasteiger partial charge in [0, 0.05) is 0 Å². The first-order valence-electron chi connectivity index (χ1n) is 8.20. The molecule has 1 rings (SSSR count). The van der Waals surface area contributed by atoms with Crippen molar-refractivity contribution in [2.24, 2.45) is 0 Å². The first kappa shape index (κ1) is 18.3. The summed E-state index contributed by atoms with van der Waals surface area (Å²) in [5.74, 6) is 0. The maximum absolute atomic E-state index is 2.65. The summed E-state index contributed by atoms with van der Waals surface area (Å²) < 4.78 is 3.30. The normalized spacial score (nSPS) is 13.6. The molecule has 1 aromatic carbocycles. The standard InChI is InChI=1S/C10H23Si.C6H5.2CH3.Sn/c1-8(2)11(7,9(3)4)10(5)6;1-2-4-6-5-3-1;;;/h8-10H,7H2,1-6H3;1-5H;2*1H3;. The van der Waals surface area contributed by atoms with Gasteiger partial charge in [-0.1, -0.05) is 0 Å². The molecule has 0 N–H and O–H groups in total. The van der Waals surface area contributed by atoms with Gasteiger partial charge in [0.2, 0.25) is 0 Å². The average Bonchev–Trinajstić information content (AvgIpc) is 2.35. The first-order valence-corrected chi connectivity index (χ1v) is 19.8. The average molecular weight is 397 g/mol. The number of benzene rings is 1. The van der Waals surface area contributed by atoms with Crippen molar-refractivity contribution in [3.8, 4) is 0 Å². The molecule has 0 fully saturated rings. The van der Waals surface area contributed by atoms with Crippen LogP contribution in [0.2, 0.25) is 30.6 Å². The van der Waals surface area contributed by atoms with E-state index in [0.717, 1.165) is 16.6 Å². The molecular weight excluding hydrogens is 363 g/mol. The van der Waals surface area contributed by atoms with E-state index >= 15 is 0 Å². The van der Waals surface area contributed by atoms with Gasteiger partial charge in [-0.05, 0) is 0 Å². The van der Waals surface area contributed by atoms with Gasteiger partial charge in [-0.25, -0.2) is 0 Å². The molecule has 0 aliphatic rings. The third kappa shape index (κ3) is 3.71. The third-order valence-corrected chi connectivity index (χ3v) is 31.7. The predicted octanol–water partition coefficient (Wildman–Crippen LogP) is 5.82. The Bertz CT molecular complexity index is 385. The maximum atomic E-state index is 2.65. The minimum absolute atomic E-state index is 0.891. The summed E-state index contributed by atoms with van der Waals surface area (Å²) in [5.41, 5.74) is 2.67. The monoisotopic (exact) mass is 398 g/mol. The molecule has 2 heteroatoms. The summed E-state index contributed by atoms with van der Waals surface area (Å²) in [6, 6.07) is 11.4. The molecule has 0 aromatic heterocycles. The number of rotatable bonds is 6. The van der Waals surface area contributed by atoms with Crippen molar-refractivity contribution in [2.45, 2.75) is 72.1 Å². The fraction of sp³-hybridized carbons (Fsp3) is 0.667. The van der Waals surface area contributed by atoms with E-state index in [9.17, 15) is 0 Å². The molecule has 0 spiro atoms. The number of hydrogen-bond donors (Lipinski definition) is 0. The first-order chi connectivity index (χ1) is 9.14. The quantitative estimate of drug-likeness (QED) is 0.531. The van der Waals surface area contributed by atoms with Gasteiger partial charge in [-0.15, -0.1) is 0 Å². The molecule has 20 heavy (non-hydrogen) atoms. The Morgan fingerprint density at radius 2 is 1.20 bits per heavy atom. The molecule has 0 radical (unpaired) electrons. The molecule has 0 aliphatic heterocycles. The van der Waals surface area contributed by atoms with Gasteiger partial charge in [0.1, 0.15) is 0 Å². The van der Waals surface area contributed by atoms with Gasteiger partial charge in [-0.3, -0.25) is 0 Å². The van der Waals surface area contributed by atoms with E-state index in [-0.39, 0.29) is 0 Å². The second kappa shape index (κ2) is 7.00. The molecule has 0 aliphatic carbocycles. The fourth-order valence-corrected chi connectivity index (χ4v) is 39.8. The van der Waals surface area contributed by atoms with E-state index in [0.29, 0.717) is 0 Å². The van der Waals surface area contributed by atoms with Crippen molar-refractivity contribution in [3.05, 3.63) is 30.3 Å². The fourth-order valence-electron chi connectivity index (χ4n) is 4.37. The summed E-state index contributed by atoms with van der Waals surface area (Å²) in [4.78, 5) is 5.30. The Kier molecular flexibility index (Phi) is 6.40. The Labute approximate surface area is 132 Å². The van der Waals surface area contributed by atoms with Gasteiger partial charge in [-0.2, -0.15) is 0 Å². The van der Waals surface area contributed by atoms with E-state index in [2.05, 4.69) is 81.8 Å². The van der Waals surface area contributed by atoms with Crippen LogP contribution in [0.3, 0.4) is 0 Å². The molecule has 0 amide bonds. The zero-order valence-corrected chi connectivity index (χ0v) is 18.7. The number of hydrogen-bond acceptors (Lipinski definition) is 0. The van der Waals surface area contributed by atoms with Crippen LogP contribution in [-0.2, 0) is 0 Å². The van der Waals surface area contributed by atoms with Gasteiger partial charge in [0.15, 0.2) is 0 Å². The van der Waals surface area contributed by atoms with Crippen molar-refractivity contribution in [3.63, 3.8) is 0 Å². The molecule has 0 nitrogen and oxygen atoms in total. The van der Waals surface area contributed by atoms with Crippen LogP contribution in [0.15, 0.2) is 30.3 Å². The van der Waals surface area contributed by atoms with E-state index in [1.54, 1.807) is 7.64 Å². The molecule has 0 bridgehead atoms. The topological polar surface area (TPSA) is 0 Å².